The summed E-state index contributed by atoms with van der Waals surface area (Å²) in [5.41, 5.74) is 1.63. The highest BCUT2D eigenvalue weighted by Crippen LogP contribution is 2.20. The maximum Gasteiger partial charge on any atom is 0.239 e. The summed E-state index contributed by atoms with van der Waals surface area (Å²) in [7, 11) is 3.52. The van der Waals surface area contributed by atoms with E-state index in [9.17, 15) is 9.59 Å². The molecule has 0 aliphatic heterocycles. The fourth-order valence-electron chi connectivity index (χ4n) is 2.56. The average Bonchev–Trinajstić information content (AvgIpc) is 2.63. The highest BCUT2D eigenvalue weighted by Gasteiger charge is 2.23. The van der Waals surface area contributed by atoms with E-state index in [0.29, 0.717) is 17.3 Å². The fraction of sp³-hybridized carbons (Fsp3) is 0.300. The van der Waals surface area contributed by atoms with Crippen molar-refractivity contribution in [2.24, 2.45) is 0 Å². The first-order valence-corrected chi connectivity index (χ1v) is 8.80. The van der Waals surface area contributed by atoms with Gasteiger partial charge in [0, 0.05) is 13.6 Å². The first-order valence-electron chi connectivity index (χ1n) is 8.42. The molecule has 0 saturated carbocycles. The van der Waals surface area contributed by atoms with E-state index in [1.54, 1.807) is 55.1 Å². The topological polar surface area (TPSA) is 52.7 Å². The summed E-state index contributed by atoms with van der Waals surface area (Å²) in [5.74, 6) is -0.257. The minimum absolute atomic E-state index is 0.0399. The predicted octanol–water partition coefficient (Wildman–Crippen LogP) is 3.26. The molecule has 5 nitrogen and oxygen atoms in total. The maximum absolute atomic E-state index is 12.6. The molecule has 6 heteroatoms. The fourth-order valence-corrected chi connectivity index (χ4v) is 2.74. The Hall–Kier alpha value is -2.37. The van der Waals surface area contributed by atoms with E-state index in [-0.39, 0.29) is 18.4 Å². The molecule has 1 atom stereocenters. The number of para-hydroxylation sites is 1. The van der Waals surface area contributed by atoms with Gasteiger partial charge in [0.1, 0.15) is 0 Å². The molecule has 0 bridgehead atoms. The molecule has 0 saturated heterocycles. The number of amides is 2. The Morgan fingerprint density at radius 1 is 1.04 bits per heavy atom. The number of halogens is 1. The number of nitrogens with one attached hydrogen (secondary N) is 1. The summed E-state index contributed by atoms with van der Waals surface area (Å²) in [6.07, 6.45) is 0. The standard InChI is InChI=1S/C20H24ClN3O2/c1-15(20(26)24(3)13-16-9-5-4-6-10-16)23(2)14-19(25)22-18-12-8-7-11-17(18)21/h4-12,15H,13-14H2,1-3H3,(H,22,25)/t15-/m1/s1. The van der Waals surface area contributed by atoms with E-state index in [0.717, 1.165) is 5.56 Å². The molecule has 0 spiro atoms. The van der Waals surface area contributed by atoms with Crippen LogP contribution in [0, 0.1) is 0 Å². The molecule has 0 unspecified atom stereocenters. The van der Waals surface area contributed by atoms with Crippen LogP contribution in [0.4, 0.5) is 5.69 Å². The first-order chi connectivity index (χ1) is 12.4. The van der Waals surface area contributed by atoms with Crippen molar-refractivity contribution in [3.63, 3.8) is 0 Å². The molecule has 26 heavy (non-hydrogen) atoms. The third-order valence-electron chi connectivity index (χ3n) is 4.20. The average molecular weight is 374 g/mol. The number of nitrogens with zero attached hydrogens (tertiary/aromatic N) is 2. The molecule has 2 rings (SSSR count). The number of carbonyl (C=O) groups is 2. The second-order valence-electron chi connectivity index (χ2n) is 6.30. The summed E-state index contributed by atoms with van der Waals surface area (Å²) in [6, 6.07) is 16.4. The lowest BCUT2D eigenvalue weighted by molar-refractivity contribution is -0.135. The predicted molar refractivity (Wildman–Crippen MR) is 105 cm³/mol. The van der Waals surface area contributed by atoms with Crippen LogP contribution in [0.15, 0.2) is 54.6 Å². The molecule has 2 amide bonds. The van der Waals surface area contributed by atoms with Crippen molar-refractivity contribution in [3.05, 3.63) is 65.2 Å². The van der Waals surface area contributed by atoms with Gasteiger partial charge in [0.2, 0.25) is 11.8 Å². The van der Waals surface area contributed by atoms with Gasteiger partial charge in [-0.2, -0.15) is 0 Å². The smallest absolute Gasteiger partial charge is 0.239 e. The van der Waals surface area contributed by atoms with Gasteiger partial charge in [0.05, 0.1) is 23.3 Å². The normalized spacial score (nSPS) is 11.9. The van der Waals surface area contributed by atoms with E-state index in [1.165, 1.54) is 0 Å². The zero-order valence-electron chi connectivity index (χ0n) is 15.3. The van der Waals surface area contributed by atoms with Crippen LogP contribution in [-0.4, -0.2) is 48.3 Å². The van der Waals surface area contributed by atoms with Gasteiger partial charge in [-0.3, -0.25) is 14.5 Å². The Kier molecular flexibility index (Phi) is 7.18. The summed E-state index contributed by atoms with van der Waals surface area (Å²) in [4.78, 5) is 28.2. The van der Waals surface area contributed by atoms with Crippen LogP contribution in [0.25, 0.3) is 0 Å². The monoisotopic (exact) mass is 373 g/mol. The first kappa shape index (κ1) is 19.9. The molecular weight excluding hydrogens is 350 g/mol. The largest absolute Gasteiger partial charge is 0.340 e. The maximum atomic E-state index is 12.6. The number of benzene rings is 2. The zero-order valence-corrected chi connectivity index (χ0v) is 16.0. The number of likely N-dealkylation sites (N-methyl/N-ethyl adjacent to an activating group) is 2. The number of anilines is 1. The Bertz CT molecular complexity index is 752. The Morgan fingerprint density at radius 2 is 1.65 bits per heavy atom. The Morgan fingerprint density at radius 3 is 2.31 bits per heavy atom. The zero-order chi connectivity index (χ0) is 19.1. The lowest BCUT2D eigenvalue weighted by Gasteiger charge is -2.28. The van der Waals surface area contributed by atoms with Gasteiger partial charge < -0.3 is 10.2 Å². The molecule has 0 heterocycles. The highest BCUT2D eigenvalue weighted by molar-refractivity contribution is 6.33. The van der Waals surface area contributed by atoms with Crippen molar-refractivity contribution in [2.45, 2.75) is 19.5 Å². The van der Waals surface area contributed by atoms with Crippen molar-refractivity contribution < 1.29 is 9.59 Å². The number of rotatable bonds is 7. The van der Waals surface area contributed by atoms with E-state index in [4.69, 9.17) is 11.6 Å². The van der Waals surface area contributed by atoms with Crippen LogP contribution in [0.5, 0.6) is 0 Å². The summed E-state index contributed by atoms with van der Waals surface area (Å²) in [5, 5.41) is 3.25. The highest BCUT2D eigenvalue weighted by atomic mass is 35.5. The molecule has 1 N–H and O–H groups in total. The van der Waals surface area contributed by atoms with Gasteiger partial charge in [-0.05, 0) is 31.7 Å². The van der Waals surface area contributed by atoms with Crippen LogP contribution in [0.3, 0.4) is 0 Å². The summed E-state index contributed by atoms with van der Waals surface area (Å²) >= 11 is 6.05. The van der Waals surface area contributed by atoms with Crippen LogP contribution in [0.2, 0.25) is 5.02 Å². The molecule has 2 aromatic carbocycles. The minimum atomic E-state index is -0.416. The van der Waals surface area contributed by atoms with Gasteiger partial charge in [-0.15, -0.1) is 0 Å². The van der Waals surface area contributed by atoms with Crippen LogP contribution < -0.4 is 5.32 Å². The van der Waals surface area contributed by atoms with Crippen molar-refractivity contribution in [1.82, 2.24) is 9.80 Å². The molecule has 0 aliphatic rings. The lowest BCUT2D eigenvalue weighted by atomic mass is 10.2. The van der Waals surface area contributed by atoms with Gasteiger partial charge in [-0.1, -0.05) is 54.1 Å². The van der Waals surface area contributed by atoms with Gasteiger partial charge >= 0.3 is 0 Å². The lowest BCUT2D eigenvalue weighted by Crippen LogP contribution is -2.46. The second-order valence-corrected chi connectivity index (χ2v) is 6.71. The molecule has 0 fully saturated rings. The third-order valence-corrected chi connectivity index (χ3v) is 4.53. The summed E-state index contributed by atoms with van der Waals surface area (Å²) in [6.45, 7) is 2.42. The Labute approximate surface area is 159 Å². The van der Waals surface area contributed by atoms with Gasteiger partial charge in [0.15, 0.2) is 0 Å². The van der Waals surface area contributed by atoms with E-state index in [2.05, 4.69) is 5.32 Å². The van der Waals surface area contributed by atoms with Crippen molar-refractivity contribution >= 4 is 29.1 Å². The van der Waals surface area contributed by atoms with E-state index >= 15 is 0 Å². The van der Waals surface area contributed by atoms with Crippen molar-refractivity contribution in [3.8, 4) is 0 Å². The van der Waals surface area contributed by atoms with E-state index < -0.39 is 6.04 Å². The van der Waals surface area contributed by atoms with Crippen LogP contribution in [0.1, 0.15) is 12.5 Å². The third kappa shape index (κ3) is 5.58. The number of hydrogen-bond acceptors (Lipinski definition) is 3. The quantitative estimate of drug-likeness (QED) is 0.810. The Balaban J connectivity index is 1.89. The molecule has 0 aliphatic carbocycles. The molecule has 138 valence electrons. The van der Waals surface area contributed by atoms with Crippen LogP contribution in [-0.2, 0) is 16.1 Å². The second kappa shape index (κ2) is 9.36. The minimum Gasteiger partial charge on any atom is -0.340 e. The summed E-state index contributed by atoms with van der Waals surface area (Å²) < 4.78 is 0. The van der Waals surface area contributed by atoms with E-state index in [1.807, 2.05) is 30.3 Å². The van der Waals surface area contributed by atoms with Crippen molar-refractivity contribution in [2.75, 3.05) is 26.0 Å². The number of hydrogen-bond donors (Lipinski definition) is 1. The molecular formula is C20H24ClN3O2. The molecule has 0 aromatic heterocycles. The molecule has 2 aromatic rings. The van der Waals surface area contributed by atoms with Gasteiger partial charge in [0.25, 0.3) is 0 Å². The number of carbonyl (C=O) groups excluding carboxylic acids is 2. The molecule has 0 radical (unpaired) electrons. The van der Waals surface area contributed by atoms with Gasteiger partial charge in [-0.25, -0.2) is 0 Å². The van der Waals surface area contributed by atoms with Crippen LogP contribution >= 0.6 is 11.6 Å². The van der Waals surface area contributed by atoms with Crippen molar-refractivity contribution in [1.29, 1.82) is 0 Å². The SMILES string of the molecule is C[C@H](C(=O)N(C)Cc1ccccc1)N(C)CC(=O)Nc1ccccc1Cl.